The number of anilines is 2. The smallest absolute Gasteiger partial charge is 0.208 e. The molecule has 1 N–H and O–H groups in total. The van der Waals surface area contributed by atoms with Gasteiger partial charge in [0.1, 0.15) is 17.2 Å². The highest BCUT2D eigenvalue weighted by atomic mass is 32.1. The Kier molecular flexibility index (Phi) is 3.21. The number of hydrogen-bond donors (Lipinski definition) is 1. The highest BCUT2D eigenvalue weighted by molar-refractivity contribution is 7.15. The Morgan fingerprint density at radius 3 is 2.95 bits per heavy atom. The van der Waals surface area contributed by atoms with Crippen LogP contribution in [0, 0.1) is 6.92 Å². The largest absolute Gasteiger partial charge is 0.365 e. The van der Waals surface area contributed by atoms with Crippen molar-refractivity contribution < 1.29 is 0 Å². The topological polar surface area (TPSA) is 66.8 Å². The molecule has 7 heteroatoms. The molecule has 1 saturated heterocycles. The van der Waals surface area contributed by atoms with Gasteiger partial charge in [-0.15, -0.1) is 10.2 Å². The molecule has 6 nitrogen and oxygen atoms in total. The van der Waals surface area contributed by atoms with Crippen molar-refractivity contribution in [3.05, 3.63) is 23.1 Å². The fraction of sp³-hybridized carbons (Fsp3) is 0.571. The van der Waals surface area contributed by atoms with Gasteiger partial charge >= 0.3 is 0 Å². The number of aryl methyl sites for hydroxylation is 1. The Bertz CT molecular complexity index is 638. The normalized spacial score (nSPS) is 21.8. The number of rotatable bonds is 4. The molecular weight excluding hydrogens is 284 g/mol. The van der Waals surface area contributed by atoms with E-state index in [2.05, 4.69) is 30.4 Å². The Morgan fingerprint density at radius 2 is 2.14 bits per heavy atom. The molecule has 1 unspecified atom stereocenters. The SMILES string of the molecule is Cc1cc(NC2CCN(c3nnc(C4CC4)s3)C2)ncn1. The summed E-state index contributed by atoms with van der Waals surface area (Å²) in [6, 6.07) is 2.39. The van der Waals surface area contributed by atoms with Crippen LogP contribution in [-0.4, -0.2) is 39.3 Å². The Labute approximate surface area is 127 Å². The average molecular weight is 302 g/mol. The lowest BCUT2D eigenvalue weighted by molar-refractivity contribution is 0.797. The van der Waals surface area contributed by atoms with E-state index < -0.39 is 0 Å². The zero-order valence-corrected chi connectivity index (χ0v) is 12.8. The maximum atomic E-state index is 4.36. The third kappa shape index (κ3) is 2.83. The lowest BCUT2D eigenvalue weighted by atomic mass is 10.2. The van der Waals surface area contributed by atoms with Gasteiger partial charge in [-0.3, -0.25) is 0 Å². The molecule has 2 aromatic rings. The fourth-order valence-corrected chi connectivity index (χ4v) is 3.69. The van der Waals surface area contributed by atoms with Crippen LogP contribution in [0.4, 0.5) is 10.9 Å². The lowest BCUT2D eigenvalue weighted by Crippen LogP contribution is -2.26. The molecule has 0 amide bonds. The summed E-state index contributed by atoms with van der Waals surface area (Å²) in [5.74, 6) is 1.60. The molecule has 1 aliphatic carbocycles. The first-order valence-electron chi connectivity index (χ1n) is 7.41. The molecule has 2 fully saturated rings. The van der Waals surface area contributed by atoms with Gasteiger partial charge in [0.05, 0.1) is 0 Å². The molecule has 1 saturated carbocycles. The fourth-order valence-electron chi connectivity index (χ4n) is 2.64. The maximum absolute atomic E-state index is 4.36. The second kappa shape index (κ2) is 5.22. The van der Waals surface area contributed by atoms with Crippen molar-refractivity contribution in [3.63, 3.8) is 0 Å². The predicted octanol–water partition coefficient (Wildman–Crippen LogP) is 2.20. The van der Waals surface area contributed by atoms with E-state index in [-0.39, 0.29) is 0 Å². The highest BCUT2D eigenvalue weighted by Gasteiger charge is 2.30. The molecule has 0 bridgehead atoms. The van der Waals surface area contributed by atoms with Crippen LogP contribution in [0.5, 0.6) is 0 Å². The third-order valence-corrected chi connectivity index (χ3v) is 5.12. The van der Waals surface area contributed by atoms with Gasteiger partial charge in [-0.05, 0) is 26.2 Å². The summed E-state index contributed by atoms with van der Waals surface area (Å²) in [5.41, 5.74) is 0.987. The minimum atomic E-state index is 0.410. The zero-order chi connectivity index (χ0) is 14.2. The molecule has 110 valence electrons. The molecule has 1 atom stereocenters. The third-order valence-electron chi connectivity index (χ3n) is 3.97. The molecule has 1 aliphatic heterocycles. The summed E-state index contributed by atoms with van der Waals surface area (Å²) < 4.78 is 0. The average Bonchev–Trinajstić information content (AvgIpc) is 3.02. The van der Waals surface area contributed by atoms with Crippen LogP contribution in [0.15, 0.2) is 12.4 Å². The van der Waals surface area contributed by atoms with E-state index in [9.17, 15) is 0 Å². The van der Waals surface area contributed by atoms with Crippen LogP contribution in [0.25, 0.3) is 0 Å². The van der Waals surface area contributed by atoms with E-state index in [0.29, 0.717) is 12.0 Å². The van der Waals surface area contributed by atoms with Crippen LogP contribution in [-0.2, 0) is 0 Å². The van der Waals surface area contributed by atoms with Crippen molar-refractivity contribution in [2.45, 2.75) is 38.1 Å². The summed E-state index contributed by atoms with van der Waals surface area (Å²) in [6.07, 6.45) is 5.27. The minimum absolute atomic E-state index is 0.410. The number of nitrogens with one attached hydrogen (secondary N) is 1. The predicted molar refractivity (Wildman–Crippen MR) is 82.9 cm³/mol. The van der Waals surface area contributed by atoms with Gasteiger partial charge in [0.2, 0.25) is 5.13 Å². The van der Waals surface area contributed by atoms with Gasteiger partial charge in [0.25, 0.3) is 0 Å². The van der Waals surface area contributed by atoms with Crippen molar-refractivity contribution in [1.82, 2.24) is 20.2 Å². The van der Waals surface area contributed by atoms with E-state index >= 15 is 0 Å². The molecular formula is C14H18N6S. The second-order valence-corrected chi connectivity index (χ2v) is 6.81. The van der Waals surface area contributed by atoms with Gasteiger partial charge in [-0.1, -0.05) is 11.3 Å². The van der Waals surface area contributed by atoms with Crippen molar-refractivity contribution in [2.24, 2.45) is 0 Å². The first-order chi connectivity index (χ1) is 10.3. The molecule has 0 aromatic carbocycles. The Balaban J connectivity index is 1.39. The van der Waals surface area contributed by atoms with E-state index in [0.717, 1.165) is 36.2 Å². The quantitative estimate of drug-likeness (QED) is 0.934. The summed E-state index contributed by atoms with van der Waals surface area (Å²) in [6.45, 7) is 3.97. The Hall–Kier alpha value is -1.76. The summed E-state index contributed by atoms with van der Waals surface area (Å²) in [5, 5.41) is 14.5. The van der Waals surface area contributed by atoms with Gasteiger partial charge in [0, 0.05) is 36.8 Å². The van der Waals surface area contributed by atoms with Gasteiger partial charge in [0.15, 0.2) is 0 Å². The van der Waals surface area contributed by atoms with Crippen molar-refractivity contribution >= 4 is 22.3 Å². The molecule has 0 radical (unpaired) electrons. The van der Waals surface area contributed by atoms with E-state index in [1.807, 2.05) is 13.0 Å². The van der Waals surface area contributed by atoms with E-state index in [4.69, 9.17) is 0 Å². The van der Waals surface area contributed by atoms with Crippen LogP contribution >= 0.6 is 11.3 Å². The van der Waals surface area contributed by atoms with Gasteiger partial charge in [-0.2, -0.15) is 0 Å². The monoisotopic (exact) mass is 302 g/mol. The summed E-state index contributed by atoms with van der Waals surface area (Å²) >= 11 is 1.76. The van der Waals surface area contributed by atoms with Crippen molar-refractivity contribution in [3.8, 4) is 0 Å². The van der Waals surface area contributed by atoms with Crippen LogP contribution < -0.4 is 10.2 Å². The molecule has 3 heterocycles. The zero-order valence-electron chi connectivity index (χ0n) is 12.0. The molecule has 2 aliphatic rings. The molecule has 0 spiro atoms. The first kappa shape index (κ1) is 12.9. The number of hydrogen-bond acceptors (Lipinski definition) is 7. The highest BCUT2D eigenvalue weighted by Crippen LogP contribution is 2.42. The summed E-state index contributed by atoms with van der Waals surface area (Å²) in [7, 11) is 0. The lowest BCUT2D eigenvalue weighted by Gasteiger charge is -2.15. The van der Waals surface area contributed by atoms with Crippen LogP contribution in [0.2, 0.25) is 0 Å². The Morgan fingerprint density at radius 1 is 1.24 bits per heavy atom. The number of nitrogens with zero attached hydrogens (tertiary/aromatic N) is 5. The standard InChI is InChI=1S/C14H18N6S/c1-9-6-12(16-8-15-9)17-11-4-5-20(7-11)14-19-18-13(21-14)10-2-3-10/h6,8,10-11H,2-5,7H2,1H3,(H,15,16,17). The second-order valence-electron chi connectivity index (χ2n) is 5.82. The van der Waals surface area contributed by atoms with Gasteiger partial charge < -0.3 is 10.2 Å². The maximum Gasteiger partial charge on any atom is 0.208 e. The van der Waals surface area contributed by atoms with E-state index in [1.165, 1.54) is 17.8 Å². The van der Waals surface area contributed by atoms with Crippen molar-refractivity contribution in [2.75, 3.05) is 23.3 Å². The molecule has 2 aromatic heterocycles. The van der Waals surface area contributed by atoms with Crippen molar-refractivity contribution in [1.29, 1.82) is 0 Å². The van der Waals surface area contributed by atoms with E-state index in [1.54, 1.807) is 17.7 Å². The van der Waals surface area contributed by atoms with Crippen LogP contribution in [0.1, 0.15) is 35.9 Å². The summed E-state index contributed by atoms with van der Waals surface area (Å²) in [4.78, 5) is 10.7. The first-order valence-corrected chi connectivity index (χ1v) is 8.23. The minimum Gasteiger partial charge on any atom is -0.365 e. The molecule has 21 heavy (non-hydrogen) atoms. The van der Waals surface area contributed by atoms with Gasteiger partial charge in [-0.25, -0.2) is 9.97 Å². The molecule has 4 rings (SSSR count). The number of aromatic nitrogens is 4. The van der Waals surface area contributed by atoms with Crippen LogP contribution in [0.3, 0.4) is 0 Å².